The highest BCUT2D eigenvalue weighted by molar-refractivity contribution is 7.14. The van der Waals surface area contributed by atoms with Gasteiger partial charge in [-0.15, -0.1) is 11.3 Å². The van der Waals surface area contributed by atoms with Crippen molar-refractivity contribution in [2.75, 3.05) is 36.9 Å². The molecule has 2 heterocycles. The molecule has 0 atom stereocenters. The van der Waals surface area contributed by atoms with Gasteiger partial charge in [0.05, 0.1) is 29.6 Å². The van der Waals surface area contributed by atoms with Crippen LogP contribution < -0.4 is 10.6 Å². The average Bonchev–Trinajstić information content (AvgIpc) is 3.05. The van der Waals surface area contributed by atoms with Crippen LogP contribution in [0.1, 0.15) is 13.8 Å². The van der Waals surface area contributed by atoms with E-state index in [1.165, 1.54) is 17.4 Å². The van der Waals surface area contributed by atoms with Crippen LogP contribution in [-0.4, -0.2) is 31.3 Å². The molecule has 1 aliphatic heterocycles. The smallest absolute Gasteiger partial charge is 0.186 e. The molecule has 0 radical (unpaired) electrons. The number of nitrogens with two attached hydrogens (primary N) is 1. The maximum Gasteiger partial charge on any atom is 0.186 e. The van der Waals surface area contributed by atoms with Crippen molar-refractivity contribution in [2.24, 2.45) is 0 Å². The van der Waals surface area contributed by atoms with Gasteiger partial charge >= 0.3 is 0 Å². The minimum atomic E-state index is -0.593. The van der Waals surface area contributed by atoms with Gasteiger partial charge in [-0.3, -0.25) is 0 Å². The Morgan fingerprint density at radius 3 is 2.68 bits per heavy atom. The molecule has 3 rings (SSSR count). The van der Waals surface area contributed by atoms with E-state index in [-0.39, 0.29) is 10.7 Å². The van der Waals surface area contributed by atoms with Gasteiger partial charge in [-0.2, -0.15) is 0 Å². The number of hydrogen-bond donors (Lipinski definition) is 1. The first-order valence-corrected chi connectivity index (χ1v) is 8.44. The van der Waals surface area contributed by atoms with Crippen LogP contribution in [0, 0.1) is 5.82 Å². The first kappa shape index (κ1) is 17.0. The lowest BCUT2D eigenvalue weighted by molar-refractivity contribution is 0.122. The number of ether oxygens (including phenoxy) is 1. The zero-order valence-corrected chi connectivity index (χ0v) is 14.2. The van der Waals surface area contributed by atoms with E-state index in [0.717, 1.165) is 18.2 Å². The molecule has 1 saturated heterocycles. The van der Waals surface area contributed by atoms with Gasteiger partial charge < -0.3 is 15.4 Å². The first-order chi connectivity index (χ1) is 10.7. The number of anilines is 2. The summed E-state index contributed by atoms with van der Waals surface area (Å²) in [5.74, 6) is -0.593. The summed E-state index contributed by atoms with van der Waals surface area (Å²) in [7, 11) is 0. The summed E-state index contributed by atoms with van der Waals surface area (Å²) in [6.07, 6.45) is 0. The quantitative estimate of drug-likeness (QED) is 0.836. The third-order valence-corrected chi connectivity index (χ3v) is 4.38. The molecule has 120 valence electrons. The topological polar surface area (TPSA) is 51.4 Å². The van der Waals surface area contributed by atoms with E-state index in [1.807, 2.05) is 19.2 Å². The highest BCUT2D eigenvalue weighted by atomic mass is 35.5. The Bertz CT molecular complexity index is 629. The Kier molecular flexibility index (Phi) is 5.99. The van der Waals surface area contributed by atoms with Gasteiger partial charge in [0.2, 0.25) is 0 Å². The molecule has 0 amide bonds. The van der Waals surface area contributed by atoms with Crippen molar-refractivity contribution >= 4 is 33.8 Å². The summed E-state index contributed by atoms with van der Waals surface area (Å²) < 4.78 is 19.0. The third kappa shape index (κ3) is 3.51. The molecule has 22 heavy (non-hydrogen) atoms. The molecule has 0 bridgehead atoms. The largest absolute Gasteiger partial charge is 0.396 e. The average molecular weight is 344 g/mol. The zero-order valence-electron chi connectivity index (χ0n) is 12.6. The number of rotatable bonds is 2. The molecule has 1 aromatic carbocycles. The molecular weight excluding hydrogens is 325 g/mol. The summed E-state index contributed by atoms with van der Waals surface area (Å²) >= 11 is 7.22. The predicted octanol–water partition coefficient (Wildman–Crippen LogP) is 4.05. The molecule has 1 fully saturated rings. The second kappa shape index (κ2) is 7.76. The van der Waals surface area contributed by atoms with E-state index < -0.39 is 5.82 Å². The Labute approximate surface area is 138 Å². The zero-order chi connectivity index (χ0) is 16.1. The van der Waals surface area contributed by atoms with Crippen molar-refractivity contribution in [3.8, 4) is 11.3 Å². The SMILES string of the molecule is CC.Nc1c(-c2csc(N3CCOCC3)n2)ccc(Cl)c1F. The van der Waals surface area contributed by atoms with Crippen LogP contribution in [0.25, 0.3) is 11.3 Å². The fourth-order valence-electron chi connectivity index (χ4n) is 2.08. The number of thiazole rings is 1. The summed E-state index contributed by atoms with van der Waals surface area (Å²) in [4.78, 5) is 6.69. The standard InChI is InChI=1S/C13H13ClFN3OS.C2H6/c14-9-2-1-8(12(16)11(9)15)10-7-20-13(17-10)18-3-5-19-6-4-18;1-2/h1-2,7H,3-6,16H2;1-2H3. The molecule has 1 aliphatic rings. The van der Waals surface area contributed by atoms with E-state index in [1.54, 1.807) is 6.07 Å². The van der Waals surface area contributed by atoms with Crippen LogP contribution in [0.5, 0.6) is 0 Å². The van der Waals surface area contributed by atoms with Gasteiger partial charge in [0, 0.05) is 24.0 Å². The van der Waals surface area contributed by atoms with Crippen molar-refractivity contribution in [2.45, 2.75) is 13.8 Å². The molecule has 7 heteroatoms. The Balaban J connectivity index is 0.000000847. The van der Waals surface area contributed by atoms with Gasteiger partial charge in [0.25, 0.3) is 0 Å². The molecule has 2 aromatic rings. The fourth-order valence-corrected chi connectivity index (χ4v) is 3.12. The van der Waals surface area contributed by atoms with Crippen molar-refractivity contribution in [3.05, 3.63) is 28.4 Å². The van der Waals surface area contributed by atoms with Crippen molar-refractivity contribution in [3.63, 3.8) is 0 Å². The van der Waals surface area contributed by atoms with E-state index in [4.69, 9.17) is 22.1 Å². The van der Waals surface area contributed by atoms with Gasteiger partial charge in [-0.05, 0) is 12.1 Å². The lowest BCUT2D eigenvalue weighted by atomic mass is 10.1. The number of aromatic nitrogens is 1. The van der Waals surface area contributed by atoms with Crippen molar-refractivity contribution < 1.29 is 9.13 Å². The van der Waals surface area contributed by atoms with Crippen LogP contribution in [0.3, 0.4) is 0 Å². The van der Waals surface area contributed by atoms with Crippen LogP contribution in [0.15, 0.2) is 17.5 Å². The van der Waals surface area contributed by atoms with Gasteiger partial charge in [0.15, 0.2) is 10.9 Å². The van der Waals surface area contributed by atoms with Crippen LogP contribution in [0.2, 0.25) is 5.02 Å². The van der Waals surface area contributed by atoms with Gasteiger partial charge in [-0.25, -0.2) is 9.37 Å². The van der Waals surface area contributed by atoms with Gasteiger partial charge in [0.1, 0.15) is 0 Å². The van der Waals surface area contributed by atoms with Crippen molar-refractivity contribution in [1.29, 1.82) is 0 Å². The molecule has 4 nitrogen and oxygen atoms in total. The van der Waals surface area contributed by atoms with Crippen molar-refractivity contribution in [1.82, 2.24) is 4.98 Å². The Hall–Kier alpha value is -1.37. The Morgan fingerprint density at radius 2 is 2.00 bits per heavy atom. The highest BCUT2D eigenvalue weighted by Crippen LogP contribution is 2.34. The molecule has 1 aromatic heterocycles. The highest BCUT2D eigenvalue weighted by Gasteiger charge is 2.17. The second-order valence-corrected chi connectivity index (χ2v) is 5.68. The molecule has 2 N–H and O–H groups in total. The van der Waals surface area contributed by atoms with Crippen LogP contribution >= 0.6 is 22.9 Å². The number of nitrogen functional groups attached to an aromatic ring is 1. The summed E-state index contributed by atoms with van der Waals surface area (Å²) in [6.45, 7) is 7.04. The number of halogens is 2. The maximum absolute atomic E-state index is 13.7. The first-order valence-electron chi connectivity index (χ1n) is 7.19. The minimum Gasteiger partial charge on any atom is -0.396 e. The number of benzene rings is 1. The summed E-state index contributed by atoms with van der Waals surface area (Å²) in [5.41, 5.74) is 7.06. The molecule has 0 saturated carbocycles. The monoisotopic (exact) mass is 343 g/mol. The van der Waals surface area contributed by atoms with E-state index in [2.05, 4.69) is 9.88 Å². The van der Waals surface area contributed by atoms with E-state index >= 15 is 0 Å². The second-order valence-electron chi connectivity index (χ2n) is 4.44. The number of morpholine rings is 1. The van der Waals surface area contributed by atoms with E-state index in [0.29, 0.717) is 24.5 Å². The van der Waals surface area contributed by atoms with Gasteiger partial charge in [-0.1, -0.05) is 25.4 Å². The normalized spacial score (nSPS) is 14.5. The molecule has 0 aliphatic carbocycles. The summed E-state index contributed by atoms with van der Waals surface area (Å²) in [6, 6.07) is 3.19. The Morgan fingerprint density at radius 1 is 1.32 bits per heavy atom. The molecule has 0 spiro atoms. The van der Waals surface area contributed by atoms with E-state index in [9.17, 15) is 4.39 Å². The molecule has 0 unspecified atom stereocenters. The molecular formula is C15H19ClFN3OS. The summed E-state index contributed by atoms with van der Waals surface area (Å²) in [5, 5.41) is 2.80. The van der Waals surface area contributed by atoms with Crippen LogP contribution in [-0.2, 0) is 4.74 Å². The predicted molar refractivity (Wildman–Crippen MR) is 91.3 cm³/mol. The minimum absolute atomic E-state index is 0.0230. The lowest BCUT2D eigenvalue weighted by Crippen LogP contribution is -2.36. The number of hydrogen-bond acceptors (Lipinski definition) is 5. The lowest BCUT2D eigenvalue weighted by Gasteiger charge is -2.26. The fraction of sp³-hybridized carbons (Fsp3) is 0.400. The number of nitrogens with zero attached hydrogens (tertiary/aromatic N) is 2. The van der Waals surface area contributed by atoms with Crippen LogP contribution in [0.4, 0.5) is 15.2 Å². The maximum atomic E-state index is 13.7. The third-order valence-electron chi connectivity index (χ3n) is 3.18.